The van der Waals surface area contributed by atoms with E-state index in [1.165, 1.54) is 28.7 Å². The van der Waals surface area contributed by atoms with Gasteiger partial charge in [-0.2, -0.15) is 5.26 Å². The van der Waals surface area contributed by atoms with Crippen LogP contribution in [-0.4, -0.2) is 11.8 Å². The van der Waals surface area contributed by atoms with Crippen molar-refractivity contribution in [3.05, 3.63) is 115 Å². The molecule has 43 heavy (non-hydrogen) atoms. The third-order valence-corrected chi connectivity index (χ3v) is 10.1. The molecule has 2 aromatic heterocycles. The number of halogens is 3. The summed E-state index contributed by atoms with van der Waals surface area (Å²) in [4.78, 5) is 23.3. The molecule has 0 radical (unpaired) electrons. The predicted octanol–water partition coefficient (Wildman–Crippen LogP) is 8.05. The maximum absolute atomic E-state index is 12.7. The summed E-state index contributed by atoms with van der Waals surface area (Å²) in [5, 5.41) is 10.1. The van der Waals surface area contributed by atoms with E-state index in [-0.39, 0.29) is 5.56 Å². The largest absolute Gasteiger partial charge is 0.397 e. The molecule has 0 fully saturated rings. The molecule has 12 heteroatoms. The second-order valence-electron chi connectivity index (χ2n) is 8.80. The van der Waals surface area contributed by atoms with E-state index in [2.05, 4.69) is 31.9 Å². The highest BCUT2D eigenvalue weighted by Crippen LogP contribution is 2.40. The van der Waals surface area contributed by atoms with Gasteiger partial charge in [-0.1, -0.05) is 66.7 Å². The Labute approximate surface area is 270 Å². The first kappa shape index (κ1) is 31.7. The van der Waals surface area contributed by atoms with Gasteiger partial charge in [-0.15, -0.1) is 22.7 Å². The molecule has 0 aliphatic carbocycles. The lowest BCUT2D eigenvalue weighted by Gasteiger charge is -2.02. The van der Waals surface area contributed by atoms with Crippen LogP contribution in [0.5, 0.6) is 0 Å². The molecule has 0 aliphatic rings. The molecule has 4 aromatic carbocycles. The van der Waals surface area contributed by atoms with E-state index in [0.717, 1.165) is 35.8 Å². The molecule has 0 saturated carbocycles. The summed E-state index contributed by atoms with van der Waals surface area (Å²) < 4.78 is 15.9. The van der Waals surface area contributed by atoms with E-state index in [0.29, 0.717) is 25.6 Å². The number of thiophene rings is 2. The Kier molecular flexibility index (Phi) is 10.2. The predicted molar refractivity (Wildman–Crippen MR) is 181 cm³/mol. The van der Waals surface area contributed by atoms with E-state index >= 15 is 0 Å². The number of hydrogen-bond donors (Lipinski definition) is 4. The van der Waals surface area contributed by atoms with Gasteiger partial charge in [0, 0.05) is 19.9 Å². The van der Waals surface area contributed by atoms with Crippen LogP contribution in [0.25, 0.3) is 31.3 Å². The first-order valence-electron chi connectivity index (χ1n) is 12.3. The molecule has 2 amide bonds. The maximum atomic E-state index is 12.7. The molecular weight excluding hydrogens is 717 g/mol. The highest BCUT2D eigenvalue weighted by atomic mass is 79.9. The van der Waals surface area contributed by atoms with Gasteiger partial charge in [0.25, 0.3) is 11.8 Å². The van der Waals surface area contributed by atoms with Crippen LogP contribution in [0.2, 0.25) is 0 Å². The van der Waals surface area contributed by atoms with Crippen molar-refractivity contribution in [2.75, 3.05) is 11.5 Å². The van der Waals surface area contributed by atoms with Crippen molar-refractivity contribution >= 4 is 97.9 Å². The Morgan fingerprint density at radius 2 is 1.21 bits per heavy atom. The summed E-state index contributed by atoms with van der Waals surface area (Å²) in [5.74, 6) is -1.45. The van der Waals surface area contributed by atoms with E-state index in [9.17, 15) is 14.0 Å². The number of carbonyl (C=O) groups is 2. The Bertz CT molecular complexity index is 2020. The summed E-state index contributed by atoms with van der Waals surface area (Å²) in [6, 6.07) is 27.9. The molecule has 6 rings (SSSR count). The van der Waals surface area contributed by atoms with E-state index in [1.54, 1.807) is 18.2 Å². The zero-order valence-electron chi connectivity index (χ0n) is 22.1. The fourth-order valence-electron chi connectivity index (χ4n) is 4.04. The van der Waals surface area contributed by atoms with Crippen LogP contribution in [0.3, 0.4) is 0 Å². The molecule has 0 saturated heterocycles. The number of nitrogen functional groups attached to an aromatic ring is 2. The van der Waals surface area contributed by atoms with Crippen LogP contribution in [0.4, 0.5) is 15.8 Å². The Hall–Kier alpha value is -4.28. The highest BCUT2D eigenvalue weighted by molar-refractivity contribution is 9.11. The lowest BCUT2D eigenvalue weighted by atomic mass is 10.0. The number of fused-ring (bicyclic) bond motifs is 2. The van der Waals surface area contributed by atoms with Crippen LogP contribution in [-0.2, 0) is 0 Å². The quantitative estimate of drug-likeness (QED) is 0.144. The van der Waals surface area contributed by atoms with Crippen LogP contribution in [0.1, 0.15) is 24.9 Å². The van der Waals surface area contributed by atoms with Gasteiger partial charge < -0.3 is 22.9 Å². The molecule has 2 heterocycles. The summed E-state index contributed by atoms with van der Waals surface area (Å²) >= 11 is 9.02. The Morgan fingerprint density at radius 1 is 0.698 bits per heavy atom. The van der Waals surface area contributed by atoms with Crippen molar-refractivity contribution in [3.63, 3.8) is 0 Å². The summed E-state index contributed by atoms with van der Waals surface area (Å²) in [6.45, 7) is 0. The topological polar surface area (TPSA) is 162 Å². The average molecular weight is 739 g/mol. The van der Waals surface area contributed by atoms with Crippen molar-refractivity contribution in [1.82, 2.24) is 0 Å². The number of amides is 2. The van der Waals surface area contributed by atoms with Crippen molar-refractivity contribution in [2.24, 2.45) is 11.5 Å². The van der Waals surface area contributed by atoms with E-state index in [4.69, 9.17) is 28.2 Å². The molecule has 7 nitrogen and oxygen atoms in total. The third kappa shape index (κ3) is 6.87. The smallest absolute Gasteiger partial charge is 0.260 e. The molecule has 0 spiro atoms. The van der Waals surface area contributed by atoms with Gasteiger partial charge in [-0.3, -0.25) is 9.59 Å². The van der Waals surface area contributed by atoms with Crippen LogP contribution < -0.4 is 22.9 Å². The molecule has 0 aliphatic heterocycles. The lowest BCUT2D eigenvalue weighted by Crippen LogP contribution is -2.10. The standard InChI is InChI=1S/C15H12N2OS.C9H7BrN2OS.C7H3BrFN/c16-12-11-8-4-7-10(9-5-2-1-3-6-9)13(11)19-14(12)15(17)18;10-5-3-1-2-4-6(11)8(9(12)13)14-7(4)5;8-6-3-1-2-5(4-10)7(6)9/h1-8H,16H2,(H2,17,18);1-3H,11H2,(H2,12,13);1-3H. The number of nitrogens with two attached hydrogens (primary N) is 4. The SMILES string of the molecule is N#Cc1cccc(Br)c1F.NC(=O)c1sc2c(-c3ccccc3)cccc2c1N.NC(=O)c1sc2c(Br)cccc2c1N. The summed E-state index contributed by atoms with van der Waals surface area (Å²) in [5.41, 5.74) is 25.5. The van der Waals surface area contributed by atoms with Crippen LogP contribution in [0, 0.1) is 17.1 Å². The summed E-state index contributed by atoms with van der Waals surface area (Å²) in [6.07, 6.45) is 0. The normalized spacial score (nSPS) is 10.3. The first-order valence-corrected chi connectivity index (χ1v) is 15.5. The number of anilines is 2. The van der Waals surface area contributed by atoms with Gasteiger partial charge >= 0.3 is 0 Å². The minimum atomic E-state index is -0.495. The van der Waals surface area contributed by atoms with Gasteiger partial charge in [0.05, 0.1) is 26.1 Å². The number of carbonyl (C=O) groups excluding carboxylic acids is 2. The molecule has 6 aromatic rings. The Morgan fingerprint density at radius 3 is 1.74 bits per heavy atom. The number of primary amides is 2. The van der Waals surface area contributed by atoms with Gasteiger partial charge in [0.1, 0.15) is 15.8 Å². The van der Waals surface area contributed by atoms with Gasteiger partial charge in [0.2, 0.25) is 0 Å². The molecule has 8 N–H and O–H groups in total. The van der Waals surface area contributed by atoms with Crippen molar-refractivity contribution in [2.45, 2.75) is 0 Å². The molecule has 0 atom stereocenters. The highest BCUT2D eigenvalue weighted by Gasteiger charge is 2.17. The fraction of sp³-hybridized carbons (Fsp3) is 0. The third-order valence-electron chi connectivity index (χ3n) is 6.06. The van der Waals surface area contributed by atoms with Gasteiger partial charge in [-0.25, -0.2) is 4.39 Å². The second kappa shape index (κ2) is 13.8. The summed E-state index contributed by atoms with van der Waals surface area (Å²) in [7, 11) is 0. The molecule has 0 bridgehead atoms. The minimum Gasteiger partial charge on any atom is -0.397 e. The number of hydrogen-bond acceptors (Lipinski definition) is 7. The van der Waals surface area contributed by atoms with E-state index < -0.39 is 17.6 Å². The fourth-order valence-corrected chi connectivity index (χ4v) is 7.11. The monoisotopic (exact) mass is 737 g/mol. The van der Waals surface area contributed by atoms with Crippen LogP contribution >= 0.6 is 54.5 Å². The lowest BCUT2D eigenvalue weighted by molar-refractivity contribution is 0.0996. The van der Waals surface area contributed by atoms with Crippen LogP contribution in [0.15, 0.2) is 93.9 Å². The molecule has 0 unspecified atom stereocenters. The van der Waals surface area contributed by atoms with Crippen molar-refractivity contribution < 1.29 is 14.0 Å². The zero-order valence-corrected chi connectivity index (χ0v) is 26.9. The number of rotatable bonds is 3. The van der Waals surface area contributed by atoms with Crippen molar-refractivity contribution in [3.8, 4) is 17.2 Å². The van der Waals surface area contributed by atoms with Gasteiger partial charge in [0.15, 0.2) is 5.82 Å². The first-order chi connectivity index (χ1) is 20.5. The number of nitrogens with zero attached hydrogens (tertiary/aromatic N) is 1. The van der Waals surface area contributed by atoms with E-state index in [1.807, 2.05) is 66.7 Å². The Balaban J connectivity index is 0.000000156. The van der Waals surface area contributed by atoms with Gasteiger partial charge in [-0.05, 0) is 61.2 Å². The number of benzene rings is 4. The van der Waals surface area contributed by atoms with Crippen molar-refractivity contribution in [1.29, 1.82) is 5.26 Å². The average Bonchev–Trinajstić information content (AvgIpc) is 3.53. The molecule has 216 valence electrons. The zero-order chi connectivity index (χ0) is 31.3. The number of nitriles is 1. The second-order valence-corrected chi connectivity index (χ2v) is 12.5. The maximum Gasteiger partial charge on any atom is 0.260 e. The molecular formula is C31H22Br2FN5O2S2. The minimum absolute atomic E-state index is 0.0642.